The van der Waals surface area contributed by atoms with Gasteiger partial charge in [-0.2, -0.15) is 4.98 Å². The molecule has 1 N–H and O–H groups in total. The van der Waals surface area contributed by atoms with E-state index in [0.717, 1.165) is 29.0 Å². The van der Waals surface area contributed by atoms with Crippen molar-refractivity contribution in [1.82, 2.24) is 15.1 Å². The summed E-state index contributed by atoms with van der Waals surface area (Å²) in [6.07, 6.45) is 2.26. The Morgan fingerprint density at radius 2 is 1.95 bits per heavy atom. The number of hydrogen-bond acceptors (Lipinski definition) is 5. The fourth-order valence-electron chi connectivity index (χ4n) is 1.95. The number of rotatable bonds is 3. The van der Waals surface area contributed by atoms with E-state index in [0.29, 0.717) is 5.71 Å². The fourth-order valence-corrected chi connectivity index (χ4v) is 1.95. The molecule has 0 spiro atoms. The maximum Gasteiger partial charge on any atom is 0.263 e. The van der Waals surface area contributed by atoms with Crippen LogP contribution in [0, 0.1) is 6.92 Å². The molecule has 1 aromatic carbocycles. The van der Waals surface area contributed by atoms with E-state index in [4.69, 9.17) is 4.52 Å². The van der Waals surface area contributed by atoms with Crippen LogP contribution in [0.1, 0.15) is 18.2 Å². The van der Waals surface area contributed by atoms with E-state index in [1.807, 2.05) is 19.1 Å². The SMILES string of the molecule is CCc1noc2ncnc(Nc3ccc(C)cc3)c12. The molecule has 96 valence electrons. The third-order valence-electron chi connectivity index (χ3n) is 2.99. The Kier molecular flexibility index (Phi) is 2.87. The lowest BCUT2D eigenvalue weighted by atomic mass is 10.2. The second-order valence-electron chi connectivity index (χ2n) is 4.38. The standard InChI is InChI=1S/C14H14N4O/c1-3-11-12-13(15-8-16-14(12)19-18-11)17-10-6-4-9(2)5-7-10/h4-8H,3H2,1-2H3,(H,15,16,17). The molecule has 19 heavy (non-hydrogen) atoms. The quantitative estimate of drug-likeness (QED) is 0.777. The highest BCUT2D eigenvalue weighted by Gasteiger charge is 2.13. The third-order valence-corrected chi connectivity index (χ3v) is 2.99. The number of hydrogen-bond donors (Lipinski definition) is 1. The van der Waals surface area contributed by atoms with Gasteiger partial charge in [0.05, 0.1) is 5.69 Å². The lowest BCUT2D eigenvalue weighted by molar-refractivity contribution is 0.439. The van der Waals surface area contributed by atoms with Crippen LogP contribution in [-0.2, 0) is 6.42 Å². The Labute approximate surface area is 110 Å². The van der Waals surface area contributed by atoms with E-state index in [2.05, 4.69) is 39.5 Å². The van der Waals surface area contributed by atoms with Crippen LogP contribution in [0.4, 0.5) is 11.5 Å². The summed E-state index contributed by atoms with van der Waals surface area (Å²) in [5, 5.41) is 8.15. The van der Waals surface area contributed by atoms with E-state index in [1.165, 1.54) is 11.9 Å². The molecule has 3 aromatic rings. The highest BCUT2D eigenvalue weighted by molar-refractivity contribution is 5.89. The molecule has 2 heterocycles. The van der Waals surface area contributed by atoms with Crippen molar-refractivity contribution in [1.29, 1.82) is 0 Å². The van der Waals surface area contributed by atoms with Crippen LogP contribution in [0.5, 0.6) is 0 Å². The molecule has 0 unspecified atom stereocenters. The molecular weight excluding hydrogens is 240 g/mol. The van der Waals surface area contributed by atoms with Crippen LogP contribution in [0.3, 0.4) is 0 Å². The molecule has 0 aliphatic rings. The Bertz CT molecular complexity index is 703. The van der Waals surface area contributed by atoms with E-state index >= 15 is 0 Å². The topological polar surface area (TPSA) is 63.8 Å². The summed E-state index contributed by atoms with van der Waals surface area (Å²) in [6, 6.07) is 8.13. The molecule has 2 aromatic heterocycles. The number of anilines is 2. The molecule has 0 radical (unpaired) electrons. The zero-order valence-electron chi connectivity index (χ0n) is 10.8. The summed E-state index contributed by atoms with van der Waals surface area (Å²) in [7, 11) is 0. The molecule has 3 rings (SSSR count). The molecule has 5 heteroatoms. The number of aromatic nitrogens is 3. The summed E-state index contributed by atoms with van der Waals surface area (Å²) in [4.78, 5) is 8.37. The van der Waals surface area contributed by atoms with Gasteiger partial charge < -0.3 is 9.84 Å². The summed E-state index contributed by atoms with van der Waals surface area (Å²) >= 11 is 0. The van der Waals surface area contributed by atoms with E-state index in [1.54, 1.807) is 0 Å². The summed E-state index contributed by atoms with van der Waals surface area (Å²) < 4.78 is 5.20. The minimum absolute atomic E-state index is 0.515. The molecule has 0 aliphatic heterocycles. The zero-order chi connectivity index (χ0) is 13.2. The zero-order valence-corrected chi connectivity index (χ0v) is 10.8. The fraction of sp³-hybridized carbons (Fsp3) is 0.214. The molecule has 0 fully saturated rings. The first-order chi connectivity index (χ1) is 9.28. The van der Waals surface area contributed by atoms with Gasteiger partial charge in [0.1, 0.15) is 17.5 Å². The van der Waals surface area contributed by atoms with Gasteiger partial charge in [0, 0.05) is 5.69 Å². The van der Waals surface area contributed by atoms with Crippen molar-refractivity contribution >= 4 is 22.6 Å². The smallest absolute Gasteiger partial charge is 0.263 e. The Morgan fingerprint density at radius 1 is 1.16 bits per heavy atom. The van der Waals surface area contributed by atoms with E-state index in [-0.39, 0.29) is 0 Å². The molecule has 0 atom stereocenters. The normalized spacial score (nSPS) is 10.8. The average molecular weight is 254 g/mol. The summed E-state index contributed by atoms with van der Waals surface area (Å²) in [5.74, 6) is 0.729. The number of fused-ring (bicyclic) bond motifs is 1. The van der Waals surface area contributed by atoms with Crippen LogP contribution in [0.25, 0.3) is 11.1 Å². The van der Waals surface area contributed by atoms with Crippen molar-refractivity contribution in [2.24, 2.45) is 0 Å². The first-order valence-corrected chi connectivity index (χ1v) is 6.21. The number of benzene rings is 1. The van der Waals surface area contributed by atoms with Crippen LogP contribution in [0.15, 0.2) is 35.1 Å². The van der Waals surface area contributed by atoms with Crippen molar-refractivity contribution in [2.45, 2.75) is 20.3 Å². The predicted molar refractivity (Wildman–Crippen MR) is 73.4 cm³/mol. The van der Waals surface area contributed by atoms with Crippen LogP contribution in [0.2, 0.25) is 0 Å². The first-order valence-electron chi connectivity index (χ1n) is 6.21. The summed E-state index contributed by atoms with van der Waals surface area (Å²) in [6.45, 7) is 4.09. The largest absolute Gasteiger partial charge is 0.339 e. The lowest BCUT2D eigenvalue weighted by Gasteiger charge is -2.06. The second kappa shape index (κ2) is 4.68. The second-order valence-corrected chi connectivity index (χ2v) is 4.38. The van der Waals surface area contributed by atoms with Gasteiger partial charge >= 0.3 is 0 Å². The molecule has 0 amide bonds. The highest BCUT2D eigenvalue weighted by Crippen LogP contribution is 2.26. The lowest BCUT2D eigenvalue weighted by Crippen LogP contribution is -1.96. The van der Waals surface area contributed by atoms with Gasteiger partial charge in [0.2, 0.25) is 0 Å². The van der Waals surface area contributed by atoms with Gasteiger partial charge in [0.15, 0.2) is 0 Å². The van der Waals surface area contributed by atoms with Gasteiger partial charge in [0.25, 0.3) is 5.71 Å². The van der Waals surface area contributed by atoms with E-state index in [9.17, 15) is 0 Å². The van der Waals surface area contributed by atoms with Crippen molar-refractivity contribution in [3.05, 3.63) is 41.9 Å². The predicted octanol–water partition coefficient (Wildman–Crippen LogP) is 3.23. The average Bonchev–Trinajstić information content (AvgIpc) is 2.85. The van der Waals surface area contributed by atoms with Gasteiger partial charge in [-0.15, -0.1) is 0 Å². The molecule has 0 aliphatic carbocycles. The van der Waals surface area contributed by atoms with Gasteiger partial charge in [-0.05, 0) is 25.5 Å². The molecule has 0 saturated heterocycles. The number of nitrogens with one attached hydrogen (secondary N) is 1. The number of nitrogens with zero attached hydrogens (tertiary/aromatic N) is 3. The Morgan fingerprint density at radius 3 is 2.68 bits per heavy atom. The third kappa shape index (κ3) is 2.14. The first kappa shape index (κ1) is 11.6. The van der Waals surface area contributed by atoms with E-state index < -0.39 is 0 Å². The van der Waals surface area contributed by atoms with Crippen molar-refractivity contribution < 1.29 is 4.52 Å². The van der Waals surface area contributed by atoms with Gasteiger partial charge in [-0.25, -0.2) is 4.98 Å². The molecule has 0 bridgehead atoms. The maximum atomic E-state index is 5.20. The van der Waals surface area contributed by atoms with Crippen LogP contribution >= 0.6 is 0 Å². The summed E-state index contributed by atoms with van der Waals surface area (Å²) in [5.41, 5.74) is 3.58. The highest BCUT2D eigenvalue weighted by atomic mass is 16.5. The van der Waals surface area contributed by atoms with Gasteiger partial charge in [-0.3, -0.25) is 0 Å². The number of aryl methyl sites for hydroxylation is 2. The van der Waals surface area contributed by atoms with Crippen LogP contribution < -0.4 is 5.32 Å². The van der Waals surface area contributed by atoms with Crippen molar-refractivity contribution in [3.63, 3.8) is 0 Å². The van der Waals surface area contributed by atoms with Crippen molar-refractivity contribution in [2.75, 3.05) is 5.32 Å². The molecule has 5 nitrogen and oxygen atoms in total. The maximum absolute atomic E-state index is 5.20. The Hall–Kier alpha value is -2.43. The monoisotopic (exact) mass is 254 g/mol. The van der Waals surface area contributed by atoms with Crippen LogP contribution in [-0.4, -0.2) is 15.1 Å². The van der Waals surface area contributed by atoms with Crippen molar-refractivity contribution in [3.8, 4) is 0 Å². The minimum atomic E-state index is 0.515. The Balaban J connectivity index is 2.04. The molecular formula is C14H14N4O. The minimum Gasteiger partial charge on any atom is -0.339 e. The van der Waals surface area contributed by atoms with Gasteiger partial charge in [-0.1, -0.05) is 29.8 Å². The molecule has 0 saturated carbocycles.